The highest BCUT2D eigenvalue weighted by Crippen LogP contribution is 2.53. The number of rotatable bonds is 3. The van der Waals surface area contributed by atoms with Crippen molar-refractivity contribution in [3.63, 3.8) is 0 Å². The third-order valence-electron chi connectivity index (χ3n) is 13.3. The minimum Gasteiger partial charge on any atom is -0.134 e. The van der Waals surface area contributed by atoms with Crippen LogP contribution >= 0.6 is 22.7 Å². The molecule has 2 heterocycles. The summed E-state index contributed by atoms with van der Waals surface area (Å²) in [4.78, 5) is 0. The van der Waals surface area contributed by atoms with Gasteiger partial charge in [0.1, 0.15) is 0 Å². The van der Waals surface area contributed by atoms with Gasteiger partial charge in [0.15, 0.2) is 0 Å². The van der Waals surface area contributed by atoms with Crippen LogP contribution in [-0.4, -0.2) is 0 Å². The molecule has 0 saturated heterocycles. The normalized spacial score (nSPS) is 13.4. The van der Waals surface area contributed by atoms with Crippen LogP contribution in [0.25, 0.3) is 117 Å². The molecule has 59 heavy (non-hydrogen) atoms. The molecule has 276 valence electrons. The van der Waals surface area contributed by atoms with Crippen molar-refractivity contribution >= 4 is 95.3 Å². The molecule has 0 bridgehead atoms. The number of thiophene rings is 2. The Kier molecular flexibility index (Phi) is 6.92. The van der Waals surface area contributed by atoms with Gasteiger partial charge < -0.3 is 0 Å². The summed E-state index contributed by atoms with van der Waals surface area (Å²) in [5, 5.41) is 13.3. The van der Waals surface area contributed by atoms with Crippen molar-refractivity contribution in [1.82, 2.24) is 0 Å². The van der Waals surface area contributed by atoms with Crippen LogP contribution in [-0.2, 0) is 5.41 Å². The van der Waals surface area contributed by atoms with Crippen LogP contribution in [0.2, 0.25) is 0 Å². The van der Waals surface area contributed by atoms with Gasteiger partial charge in [0.2, 0.25) is 0 Å². The molecular formula is C57H36S2. The summed E-state index contributed by atoms with van der Waals surface area (Å²) in [6.07, 6.45) is 0. The van der Waals surface area contributed by atoms with E-state index in [-0.39, 0.29) is 5.41 Å². The standard InChI is InChI=1S/C57H36S2/c1-57(2)48-29-25-35(38-21-12-22-46-53-50(58-55(38)46)30-28-45-44-27-23-33-13-6-7-16-37(33)54(44)59-56(45)53)31-47(48)39-26-24-36(32-49(39)57)52-42-19-10-8-17-40(42)51(34-14-4-3-5-15-34)41-18-9-11-20-43(41)52/h3-32H,1-2H3. The SMILES string of the molecule is CC1(C)c2ccc(-c3cccc4c3sc3ccc5c6ccc7ccccc7c6sc5c34)cc2-c2ccc(-c3c4ccccc4c(-c4ccccc4)c4ccccc34)cc21. The van der Waals surface area contributed by atoms with E-state index < -0.39 is 0 Å². The zero-order valence-electron chi connectivity index (χ0n) is 32.6. The van der Waals surface area contributed by atoms with Gasteiger partial charge >= 0.3 is 0 Å². The van der Waals surface area contributed by atoms with Gasteiger partial charge in [0.05, 0.1) is 0 Å². The maximum atomic E-state index is 2.50. The Labute approximate surface area is 350 Å². The first-order valence-electron chi connectivity index (χ1n) is 20.5. The summed E-state index contributed by atoms with van der Waals surface area (Å²) in [5.41, 5.74) is 13.1. The lowest BCUT2D eigenvalue weighted by Crippen LogP contribution is -2.15. The maximum absolute atomic E-state index is 2.50. The number of hydrogen-bond acceptors (Lipinski definition) is 2. The average molecular weight is 785 g/mol. The Balaban J connectivity index is 0.975. The Morgan fingerprint density at radius 1 is 0.339 bits per heavy atom. The summed E-state index contributed by atoms with van der Waals surface area (Å²) < 4.78 is 5.50. The lowest BCUT2D eigenvalue weighted by Gasteiger charge is -2.23. The second-order valence-corrected chi connectivity index (χ2v) is 18.8. The molecule has 0 aliphatic heterocycles. The van der Waals surface area contributed by atoms with Crippen molar-refractivity contribution in [3.8, 4) is 44.5 Å². The first-order valence-corrected chi connectivity index (χ1v) is 22.1. The number of hydrogen-bond donors (Lipinski definition) is 0. The predicted octanol–water partition coefficient (Wildman–Crippen LogP) is 17.2. The maximum Gasteiger partial charge on any atom is 0.0448 e. The molecule has 1 aliphatic carbocycles. The molecule has 2 aromatic heterocycles. The Morgan fingerprint density at radius 2 is 0.966 bits per heavy atom. The fraction of sp³-hybridized carbons (Fsp3) is 0.0526. The Bertz CT molecular complexity index is 3690. The molecule has 1 aliphatic rings. The summed E-state index contributed by atoms with van der Waals surface area (Å²) in [7, 11) is 0. The van der Waals surface area contributed by atoms with Crippen LogP contribution in [0.5, 0.6) is 0 Å². The van der Waals surface area contributed by atoms with Crippen molar-refractivity contribution in [3.05, 3.63) is 193 Å². The van der Waals surface area contributed by atoms with Crippen LogP contribution < -0.4 is 0 Å². The lowest BCUT2D eigenvalue weighted by molar-refractivity contribution is 0.660. The van der Waals surface area contributed by atoms with Crippen LogP contribution in [0.15, 0.2) is 182 Å². The molecule has 0 N–H and O–H groups in total. The van der Waals surface area contributed by atoms with Gasteiger partial charge in [-0.1, -0.05) is 178 Å². The molecule has 12 aromatic rings. The molecule has 10 aromatic carbocycles. The van der Waals surface area contributed by atoms with Crippen LogP contribution in [0, 0.1) is 0 Å². The highest BCUT2D eigenvalue weighted by molar-refractivity contribution is 7.30. The zero-order valence-corrected chi connectivity index (χ0v) is 34.3. The second-order valence-electron chi connectivity index (χ2n) is 16.7. The number of fused-ring (bicyclic) bond motifs is 14. The smallest absolute Gasteiger partial charge is 0.0448 e. The second kappa shape index (κ2) is 12.2. The van der Waals surface area contributed by atoms with Crippen molar-refractivity contribution in [2.24, 2.45) is 0 Å². The van der Waals surface area contributed by atoms with E-state index in [1.54, 1.807) is 0 Å². The molecule has 0 saturated carbocycles. The molecule has 0 amide bonds. The molecule has 0 nitrogen and oxygen atoms in total. The van der Waals surface area contributed by atoms with Crippen molar-refractivity contribution < 1.29 is 0 Å². The van der Waals surface area contributed by atoms with Crippen molar-refractivity contribution in [2.75, 3.05) is 0 Å². The van der Waals surface area contributed by atoms with E-state index in [0.29, 0.717) is 0 Å². The van der Waals surface area contributed by atoms with E-state index >= 15 is 0 Å². The molecule has 0 fully saturated rings. The predicted molar refractivity (Wildman–Crippen MR) is 259 cm³/mol. The largest absolute Gasteiger partial charge is 0.134 e. The lowest BCUT2D eigenvalue weighted by atomic mass is 9.80. The fourth-order valence-corrected chi connectivity index (χ4v) is 13.2. The highest BCUT2D eigenvalue weighted by atomic mass is 32.1. The van der Waals surface area contributed by atoms with Crippen molar-refractivity contribution in [1.29, 1.82) is 0 Å². The first kappa shape index (κ1) is 33.4. The Hall–Kier alpha value is -6.58. The van der Waals surface area contributed by atoms with Gasteiger partial charge in [-0.3, -0.25) is 0 Å². The highest BCUT2D eigenvalue weighted by Gasteiger charge is 2.36. The van der Waals surface area contributed by atoms with E-state index in [4.69, 9.17) is 0 Å². The van der Waals surface area contributed by atoms with Gasteiger partial charge in [0, 0.05) is 45.8 Å². The summed E-state index contributed by atoms with van der Waals surface area (Å²) in [6.45, 7) is 4.81. The quantitative estimate of drug-likeness (QED) is 0.157. The zero-order chi connectivity index (χ0) is 39.0. The fourth-order valence-electron chi connectivity index (χ4n) is 10.5. The molecule has 0 atom stereocenters. The minimum absolute atomic E-state index is 0.143. The molecule has 13 rings (SSSR count). The van der Waals surface area contributed by atoms with E-state index in [1.807, 2.05) is 22.7 Å². The summed E-state index contributed by atoms with van der Waals surface area (Å²) >= 11 is 3.89. The summed E-state index contributed by atoms with van der Waals surface area (Å²) in [6, 6.07) is 68.4. The third-order valence-corrected chi connectivity index (χ3v) is 15.7. The van der Waals surface area contributed by atoms with Gasteiger partial charge in [-0.25, -0.2) is 0 Å². The molecule has 2 heteroatoms. The number of benzene rings is 10. The molecule has 0 unspecified atom stereocenters. The molecular weight excluding hydrogens is 749 g/mol. The monoisotopic (exact) mass is 784 g/mol. The van der Waals surface area contributed by atoms with E-state index in [2.05, 4.69) is 196 Å². The van der Waals surface area contributed by atoms with E-state index in [9.17, 15) is 0 Å². The van der Waals surface area contributed by atoms with Crippen molar-refractivity contribution in [2.45, 2.75) is 19.3 Å². The molecule has 0 spiro atoms. The summed E-state index contributed by atoms with van der Waals surface area (Å²) in [5.74, 6) is 0. The van der Waals surface area contributed by atoms with Gasteiger partial charge in [-0.05, 0) is 106 Å². The average Bonchev–Trinajstić information content (AvgIpc) is 3.93. The minimum atomic E-state index is -0.143. The van der Waals surface area contributed by atoms with Gasteiger partial charge in [-0.15, -0.1) is 22.7 Å². The van der Waals surface area contributed by atoms with E-state index in [1.165, 1.54) is 128 Å². The Morgan fingerprint density at radius 3 is 1.73 bits per heavy atom. The topological polar surface area (TPSA) is 0 Å². The van der Waals surface area contributed by atoms with Crippen LogP contribution in [0.4, 0.5) is 0 Å². The van der Waals surface area contributed by atoms with Gasteiger partial charge in [0.25, 0.3) is 0 Å². The van der Waals surface area contributed by atoms with E-state index in [0.717, 1.165) is 0 Å². The third kappa shape index (κ3) is 4.65. The van der Waals surface area contributed by atoms with Crippen LogP contribution in [0.3, 0.4) is 0 Å². The first-order chi connectivity index (χ1) is 29.0. The van der Waals surface area contributed by atoms with Gasteiger partial charge in [-0.2, -0.15) is 0 Å². The van der Waals surface area contributed by atoms with Crippen LogP contribution in [0.1, 0.15) is 25.0 Å². The molecule has 0 radical (unpaired) electrons.